The summed E-state index contributed by atoms with van der Waals surface area (Å²) < 4.78 is 2.24. The molecule has 0 unspecified atom stereocenters. The first kappa shape index (κ1) is 7.06. The van der Waals surface area contributed by atoms with Crippen LogP contribution >= 0.6 is 0 Å². The van der Waals surface area contributed by atoms with Crippen LogP contribution in [-0.2, 0) is 0 Å². The highest BCUT2D eigenvalue weighted by Crippen LogP contribution is 2.36. The number of hydrogen-bond donors (Lipinski definition) is 0. The first-order chi connectivity index (χ1) is 6.34. The molecule has 2 aromatic rings. The molecule has 0 amide bonds. The van der Waals surface area contributed by atoms with Crippen molar-refractivity contribution in [3.8, 4) is 0 Å². The fraction of sp³-hybridized carbons (Fsp3) is 0.400. The van der Waals surface area contributed by atoms with Gasteiger partial charge in [0.25, 0.3) is 0 Å². The lowest BCUT2D eigenvalue weighted by Crippen LogP contribution is -1.95. The third-order valence-corrected chi connectivity index (χ3v) is 2.52. The molecule has 2 aromatic heterocycles. The molecule has 0 aromatic carbocycles. The lowest BCUT2D eigenvalue weighted by Gasteiger charge is -1.99. The Morgan fingerprint density at radius 3 is 3.00 bits per heavy atom. The van der Waals surface area contributed by atoms with Crippen molar-refractivity contribution in [2.75, 3.05) is 0 Å². The molecule has 3 nitrogen and oxygen atoms in total. The van der Waals surface area contributed by atoms with E-state index in [-0.39, 0.29) is 0 Å². The zero-order chi connectivity index (χ0) is 8.84. The van der Waals surface area contributed by atoms with Gasteiger partial charge in [0.05, 0.1) is 5.69 Å². The second-order valence-electron chi connectivity index (χ2n) is 3.72. The van der Waals surface area contributed by atoms with E-state index in [1.807, 2.05) is 6.92 Å². The van der Waals surface area contributed by atoms with Gasteiger partial charge < -0.3 is 4.57 Å². The van der Waals surface area contributed by atoms with Crippen molar-refractivity contribution in [3.63, 3.8) is 0 Å². The summed E-state index contributed by atoms with van der Waals surface area (Å²) in [5.41, 5.74) is 2.02. The maximum atomic E-state index is 4.21. The lowest BCUT2D eigenvalue weighted by molar-refractivity contribution is 0.757. The molecule has 2 heterocycles. The molecule has 0 aliphatic heterocycles. The molecule has 0 saturated heterocycles. The minimum absolute atomic E-state index is 0.689. The van der Waals surface area contributed by atoms with E-state index in [1.54, 1.807) is 0 Å². The molecule has 0 spiro atoms. The van der Waals surface area contributed by atoms with Crippen molar-refractivity contribution in [3.05, 3.63) is 24.0 Å². The summed E-state index contributed by atoms with van der Waals surface area (Å²) in [6.07, 6.45) is 4.70. The van der Waals surface area contributed by atoms with Crippen molar-refractivity contribution in [2.24, 2.45) is 0 Å². The molecule has 1 fully saturated rings. The number of rotatable bonds is 1. The Balaban J connectivity index is 2.26. The zero-order valence-corrected chi connectivity index (χ0v) is 7.57. The molecule has 1 saturated carbocycles. The first-order valence-electron chi connectivity index (χ1n) is 4.65. The molecule has 3 heteroatoms. The van der Waals surface area contributed by atoms with Gasteiger partial charge in [-0.25, -0.2) is 0 Å². The Labute approximate surface area is 76.4 Å². The SMILES string of the molecule is Cc1cc2ccn(C3CC3)c2nn1. The first-order valence-corrected chi connectivity index (χ1v) is 4.65. The zero-order valence-electron chi connectivity index (χ0n) is 7.57. The fourth-order valence-electron chi connectivity index (χ4n) is 1.70. The van der Waals surface area contributed by atoms with Gasteiger partial charge in [-0.3, -0.25) is 0 Å². The van der Waals surface area contributed by atoms with Crippen LogP contribution in [0.2, 0.25) is 0 Å². The quantitative estimate of drug-likeness (QED) is 0.661. The Bertz CT molecular complexity index is 454. The van der Waals surface area contributed by atoms with E-state index in [4.69, 9.17) is 0 Å². The van der Waals surface area contributed by atoms with Gasteiger partial charge in [0, 0.05) is 17.6 Å². The summed E-state index contributed by atoms with van der Waals surface area (Å²) in [5, 5.41) is 9.50. The predicted molar refractivity (Wildman–Crippen MR) is 50.5 cm³/mol. The van der Waals surface area contributed by atoms with Crippen LogP contribution in [0.25, 0.3) is 11.0 Å². The summed E-state index contributed by atoms with van der Waals surface area (Å²) in [6, 6.07) is 4.89. The normalized spacial score (nSPS) is 16.7. The van der Waals surface area contributed by atoms with Gasteiger partial charge in [-0.15, -0.1) is 5.10 Å². The second kappa shape index (κ2) is 2.31. The number of aryl methyl sites for hydroxylation is 1. The van der Waals surface area contributed by atoms with Gasteiger partial charge in [-0.2, -0.15) is 5.10 Å². The Hall–Kier alpha value is -1.38. The molecule has 1 aliphatic carbocycles. The maximum absolute atomic E-state index is 4.21. The largest absolute Gasteiger partial charge is 0.328 e. The van der Waals surface area contributed by atoms with Crippen LogP contribution in [-0.4, -0.2) is 14.8 Å². The summed E-state index contributed by atoms with van der Waals surface area (Å²) in [7, 11) is 0. The Morgan fingerprint density at radius 1 is 1.38 bits per heavy atom. The van der Waals surface area contributed by atoms with Crippen molar-refractivity contribution < 1.29 is 0 Å². The lowest BCUT2D eigenvalue weighted by atomic mass is 10.3. The number of hydrogen-bond acceptors (Lipinski definition) is 2. The van der Waals surface area contributed by atoms with Crippen molar-refractivity contribution in [1.29, 1.82) is 0 Å². The van der Waals surface area contributed by atoms with Crippen LogP contribution in [0.1, 0.15) is 24.6 Å². The number of nitrogens with zero attached hydrogens (tertiary/aromatic N) is 3. The number of fused-ring (bicyclic) bond motifs is 1. The Kier molecular flexibility index (Phi) is 1.26. The van der Waals surface area contributed by atoms with Crippen LogP contribution < -0.4 is 0 Å². The topological polar surface area (TPSA) is 30.7 Å². The molecule has 0 atom stereocenters. The van der Waals surface area contributed by atoms with Gasteiger partial charge in [0.1, 0.15) is 0 Å². The second-order valence-corrected chi connectivity index (χ2v) is 3.72. The van der Waals surface area contributed by atoms with E-state index in [1.165, 1.54) is 18.2 Å². The highest BCUT2D eigenvalue weighted by atomic mass is 15.2. The smallest absolute Gasteiger partial charge is 0.162 e. The van der Waals surface area contributed by atoms with E-state index in [2.05, 4.69) is 33.1 Å². The molecular weight excluding hydrogens is 162 g/mol. The molecule has 0 N–H and O–H groups in total. The average Bonchev–Trinajstić information content (AvgIpc) is 2.87. The summed E-state index contributed by atoms with van der Waals surface area (Å²) in [6.45, 7) is 1.97. The molecule has 3 rings (SSSR count). The van der Waals surface area contributed by atoms with Gasteiger partial charge in [-0.05, 0) is 31.9 Å². The van der Waals surface area contributed by atoms with Crippen molar-refractivity contribution in [2.45, 2.75) is 25.8 Å². The minimum atomic E-state index is 0.689. The Morgan fingerprint density at radius 2 is 2.23 bits per heavy atom. The van der Waals surface area contributed by atoms with Crippen LogP contribution in [0.15, 0.2) is 18.3 Å². The van der Waals surface area contributed by atoms with E-state index >= 15 is 0 Å². The van der Waals surface area contributed by atoms with Crippen LogP contribution in [0, 0.1) is 6.92 Å². The highest BCUT2D eigenvalue weighted by molar-refractivity contribution is 5.76. The van der Waals surface area contributed by atoms with Gasteiger partial charge in [0.15, 0.2) is 5.65 Å². The van der Waals surface area contributed by atoms with Gasteiger partial charge >= 0.3 is 0 Å². The highest BCUT2D eigenvalue weighted by Gasteiger charge is 2.24. The van der Waals surface area contributed by atoms with Crippen molar-refractivity contribution in [1.82, 2.24) is 14.8 Å². The van der Waals surface area contributed by atoms with E-state index in [0.29, 0.717) is 6.04 Å². The summed E-state index contributed by atoms with van der Waals surface area (Å²) >= 11 is 0. The summed E-state index contributed by atoms with van der Waals surface area (Å²) in [5.74, 6) is 0. The average molecular weight is 173 g/mol. The number of aromatic nitrogens is 3. The molecule has 0 bridgehead atoms. The predicted octanol–water partition coefficient (Wildman–Crippen LogP) is 2.07. The molecule has 0 radical (unpaired) electrons. The third kappa shape index (κ3) is 1.03. The molecule has 13 heavy (non-hydrogen) atoms. The summed E-state index contributed by atoms with van der Waals surface area (Å²) in [4.78, 5) is 0. The van der Waals surface area contributed by atoms with Crippen LogP contribution in [0.3, 0.4) is 0 Å². The third-order valence-electron chi connectivity index (χ3n) is 2.52. The van der Waals surface area contributed by atoms with Crippen molar-refractivity contribution >= 4 is 11.0 Å². The van der Waals surface area contributed by atoms with E-state index in [0.717, 1.165) is 11.3 Å². The van der Waals surface area contributed by atoms with Crippen LogP contribution in [0.4, 0.5) is 0 Å². The van der Waals surface area contributed by atoms with E-state index in [9.17, 15) is 0 Å². The molecule has 66 valence electrons. The monoisotopic (exact) mass is 173 g/mol. The standard InChI is InChI=1S/C10H11N3/c1-7-6-8-4-5-13(9-2-3-9)10(8)12-11-7/h4-6,9H,2-3H2,1H3. The molecular formula is C10H11N3. The minimum Gasteiger partial charge on any atom is -0.328 e. The van der Waals surface area contributed by atoms with Gasteiger partial charge in [0.2, 0.25) is 0 Å². The van der Waals surface area contributed by atoms with Gasteiger partial charge in [-0.1, -0.05) is 0 Å². The van der Waals surface area contributed by atoms with E-state index < -0.39 is 0 Å². The molecule has 1 aliphatic rings. The maximum Gasteiger partial charge on any atom is 0.162 e. The van der Waals surface area contributed by atoms with Crippen LogP contribution in [0.5, 0.6) is 0 Å². The fourth-order valence-corrected chi connectivity index (χ4v) is 1.70.